The molecular formula is C13H12ClFN2. The normalized spacial score (nSPS) is 10.3. The van der Waals surface area contributed by atoms with Gasteiger partial charge in [0.2, 0.25) is 0 Å². The van der Waals surface area contributed by atoms with Crippen molar-refractivity contribution in [3.63, 3.8) is 0 Å². The summed E-state index contributed by atoms with van der Waals surface area (Å²) < 4.78 is 13.2. The van der Waals surface area contributed by atoms with Crippen molar-refractivity contribution in [3.8, 4) is 11.3 Å². The fourth-order valence-electron chi connectivity index (χ4n) is 1.58. The molecule has 0 fully saturated rings. The van der Waals surface area contributed by atoms with Crippen LogP contribution in [0.15, 0.2) is 36.4 Å². The van der Waals surface area contributed by atoms with Crippen molar-refractivity contribution in [3.05, 3.63) is 47.2 Å². The van der Waals surface area contributed by atoms with Crippen LogP contribution < -0.4 is 5.32 Å². The summed E-state index contributed by atoms with van der Waals surface area (Å²) in [5, 5.41) is 3.48. The van der Waals surface area contributed by atoms with Gasteiger partial charge in [0.25, 0.3) is 0 Å². The maximum absolute atomic E-state index is 13.2. The number of pyridine rings is 1. The molecule has 0 saturated carbocycles. The Morgan fingerprint density at radius 2 is 2.12 bits per heavy atom. The number of aromatic nitrogens is 1. The number of anilines is 1. The minimum Gasteiger partial charge on any atom is -0.370 e. The van der Waals surface area contributed by atoms with Gasteiger partial charge in [0.1, 0.15) is 11.6 Å². The lowest BCUT2D eigenvalue weighted by Gasteiger charge is -2.06. The van der Waals surface area contributed by atoms with Gasteiger partial charge in [-0.05, 0) is 37.3 Å². The molecule has 0 saturated heterocycles. The highest BCUT2D eigenvalue weighted by molar-refractivity contribution is 6.30. The average Bonchev–Trinajstić information content (AvgIpc) is 2.28. The van der Waals surface area contributed by atoms with Crippen LogP contribution in [0, 0.1) is 5.82 Å². The smallest absolute Gasteiger partial charge is 0.126 e. The first kappa shape index (κ1) is 11.9. The zero-order valence-corrected chi connectivity index (χ0v) is 10.1. The number of benzene rings is 1. The zero-order valence-electron chi connectivity index (χ0n) is 9.37. The molecule has 1 N–H and O–H groups in total. The molecule has 0 unspecified atom stereocenters. The summed E-state index contributed by atoms with van der Waals surface area (Å²) in [6, 6.07) is 9.96. The quantitative estimate of drug-likeness (QED) is 0.892. The number of nitrogens with one attached hydrogen (secondary N) is 1. The number of nitrogens with zero attached hydrogens (tertiary/aromatic N) is 1. The molecule has 88 valence electrons. The Morgan fingerprint density at radius 1 is 1.29 bits per heavy atom. The van der Waals surface area contributed by atoms with Crippen molar-refractivity contribution in [1.82, 2.24) is 4.98 Å². The highest BCUT2D eigenvalue weighted by Crippen LogP contribution is 2.23. The molecule has 2 rings (SSSR count). The van der Waals surface area contributed by atoms with Crippen LogP contribution in [0.1, 0.15) is 6.92 Å². The van der Waals surface area contributed by atoms with Gasteiger partial charge in [-0.15, -0.1) is 0 Å². The van der Waals surface area contributed by atoms with Gasteiger partial charge in [0, 0.05) is 17.1 Å². The molecule has 1 heterocycles. The lowest BCUT2D eigenvalue weighted by Crippen LogP contribution is -1.99. The number of hydrogen-bond donors (Lipinski definition) is 1. The minimum absolute atomic E-state index is 0.358. The lowest BCUT2D eigenvalue weighted by molar-refractivity contribution is 0.628. The second-order valence-corrected chi connectivity index (χ2v) is 4.03. The van der Waals surface area contributed by atoms with E-state index in [1.54, 1.807) is 6.07 Å². The fourth-order valence-corrected chi connectivity index (χ4v) is 1.80. The Hall–Kier alpha value is -1.61. The molecule has 4 heteroatoms. The van der Waals surface area contributed by atoms with Gasteiger partial charge in [-0.25, -0.2) is 9.37 Å². The molecule has 2 aromatic rings. The van der Waals surface area contributed by atoms with E-state index in [1.165, 1.54) is 12.1 Å². The third-order valence-electron chi connectivity index (χ3n) is 2.27. The van der Waals surface area contributed by atoms with E-state index in [1.807, 2.05) is 25.1 Å². The number of hydrogen-bond acceptors (Lipinski definition) is 2. The monoisotopic (exact) mass is 250 g/mol. The Bertz CT molecular complexity index is 508. The van der Waals surface area contributed by atoms with Crippen molar-refractivity contribution in [2.45, 2.75) is 6.92 Å². The Balaban J connectivity index is 2.41. The standard InChI is InChI=1S/C13H12ClFN2/c1-2-16-13-5-3-4-12(17-13)9-6-10(14)8-11(15)7-9/h3-8H,2H2,1H3,(H,16,17). The number of rotatable bonds is 3. The van der Waals surface area contributed by atoms with Crippen molar-refractivity contribution in [1.29, 1.82) is 0 Å². The molecule has 0 aliphatic carbocycles. The second kappa shape index (κ2) is 5.15. The van der Waals surface area contributed by atoms with E-state index in [9.17, 15) is 4.39 Å². The van der Waals surface area contributed by atoms with Crippen molar-refractivity contribution < 1.29 is 4.39 Å². The van der Waals surface area contributed by atoms with Crippen LogP contribution in [0.4, 0.5) is 10.2 Å². The topological polar surface area (TPSA) is 24.9 Å². The third kappa shape index (κ3) is 2.94. The van der Waals surface area contributed by atoms with E-state index in [2.05, 4.69) is 10.3 Å². The van der Waals surface area contributed by atoms with Gasteiger partial charge in [-0.2, -0.15) is 0 Å². The van der Waals surface area contributed by atoms with Gasteiger partial charge in [-0.3, -0.25) is 0 Å². The summed E-state index contributed by atoms with van der Waals surface area (Å²) in [7, 11) is 0. The largest absolute Gasteiger partial charge is 0.370 e. The van der Waals surface area contributed by atoms with E-state index in [-0.39, 0.29) is 5.82 Å². The van der Waals surface area contributed by atoms with Crippen LogP contribution in [0.25, 0.3) is 11.3 Å². The van der Waals surface area contributed by atoms with E-state index in [0.717, 1.165) is 12.4 Å². The van der Waals surface area contributed by atoms with Crippen molar-refractivity contribution >= 4 is 17.4 Å². The SMILES string of the molecule is CCNc1cccc(-c2cc(F)cc(Cl)c2)n1. The van der Waals surface area contributed by atoms with Gasteiger partial charge in [-0.1, -0.05) is 17.7 Å². The molecule has 1 aromatic heterocycles. The first-order valence-electron chi connectivity index (χ1n) is 5.36. The van der Waals surface area contributed by atoms with E-state index in [4.69, 9.17) is 11.6 Å². The number of halogens is 2. The van der Waals surface area contributed by atoms with Gasteiger partial charge in [0.05, 0.1) is 5.69 Å². The first-order chi connectivity index (χ1) is 8.19. The summed E-state index contributed by atoms with van der Waals surface area (Å²) in [6.07, 6.45) is 0. The highest BCUT2D eigenvalue weighted by atomic mass is 35.5. The molecule has 0 radical (unpaired) electrons. The zero-order chi connectivity index (χ0) is 12.3. The molecule has 1 aromatic carbocycles. The van der Waals surface area contributed by atoms with Gasteiger partial charge < -0.3 is 5.32 Å². The maximum Gasteiger partial charge on any atom is 0.126 e. The summed E-state index contributed by atoms with van der Waals surface area (Å²) in [5.74, 6) is 0.411. The molecule has 0 atom stereocenters. The molecule has 0 aliphatic rings. The summed E-state index contributed by atoms with van der Waals surface area (Å²) >= 11 is 5.82. The Labute approximate surface area is 104 Å². The molecule has 0 amide bonds. The maximum atomic E-state index is 13.2. The second-order valence-electron chi connectivity index (χ2n) is 3.60. The van der Waals surface area contributed by atoms with Crippen molar-refractivity contribution in [2.75, 3.05) is 11.9 Å². The van der Waals surface area contributed by atoms with Crippen LogP contribution in [-0.2, 0) is 0 Å². The lowest BCUT2D eigenvalue weighted by atomic mass is 10.1. The summed E-state index contributed by atoms with van der Waals surface area (Å²) in [6.45, 7) is 2.79. The van der Waals surface area contributed by atoms with Crippen LogP contribution in [0.5, 0.6) is 0 Å². The minimum atomic E-state index is -0.358. The van der Waals surface area contributed by atoms with Crippen LogP contribution >= 0.6 is 11.6 Å². The first-order valence-corrected chi connectivity index (χ1v) is 5.74. The van der Waals surface area contributed by atoms with E-state index < -0.39 is 0 Å². The Kier molecular flexibility index (Phi) is 3.59. The summed E-state index contributed by atoms with van der Waals surface area (Å²) in [5.41, 5.74) is 1.37. The molecular weight excluding hydrogens is 239 g/mol. The van der Waals surface area contributed by atoms with E-state index in [0.29, 0.717) is 16.3 Å². The van der Waals surface area contributed by atoms with Crippen LogP contribution in [-0.4, -0.2) is 11.5 Å². The Morgan fingerprint density at radius 3 is 2.82 bits per heavy atom. The predicted octanol–water partition coefficient (Wildman–Crippen LogP) is 3.97. The predicted molar refractivity (Wildman–Crippen MR) is 68.8 cm³/mol. The molecule has 0 bridgehead atoms. The van der Waals surface area contributed by atoms with Gasteiger partial charge >= 0.3 is 0 Å². The van der Waals surface area contributed by atoms with Crippen LogP contribution in [0.3, 0.4) is 0 Å². The van der Waals surface area contributed by atoms with Gasteiger partial charge in [0.15, 0.2) is 0 Å². The summed E-state index contributed by atoms with van der Waals surface area (Å²) in [4.78, 5) is 4.38. The molecule has 17 heavy (non-hydrogen) atoms. The van der Waals surface area contributed by atoms with Crippen molar-refractivity contribution in [2.24, 2.45) is 0 Å². The fraction of sp³-hybridized carbons (Fsp3) is 0.154. The highest BCUT2D eigenvalue weighted by Gasteiger charge is 2.04. The van der Waals surface area contributed by atoms with Crippen LogP contribution in [0.2, 0.25) is 5.02 Å². The molecule has 2 nitrogen and oxygen atoms in total. The average molecular weight is 251 g/mol. The molecule has 0 spiro atoms. The molecule has 0 aliphatic heterocycles. The van der Waals surface area contributed by atoms with E-state index >= 15 is 0 Å². The third-order valence-corrected chi connectivity index (χ3v) is 2.48.